The van der Waals surface area contributed by atoms with Gasteiger partial charge in [0, 0.05) is 53.6 Å². The van der Waals surface area contributed by atoms with Crippen LogP contribution in [0, 0.1) is 5.82 Å². The summed E-state index contributed by atoms with van der Waals surface area (Å²) in [4.78, 5) is 22.2. The molecular formula is C20H20FN3O2. The van der Waals surface area contributed by atoms with Crippen LogP contribution in [0.1, 0.15) is 34.8 Å². The minimum atomic E-state index is -0.518. The molecule has 2 aromatic heterocycles. The fourth-order valence-corrected chi connectivity index (χ4v) is 3.61. The summed E-state index contributed by atoms with van der Waals surface area (Å²) < 4.78 is 18.9. The minimum absolute atomic E-state index is 0.143. The Morgan fingerprint density at radius 3 is 3.00 bits per heavy atom. The number of benzene rings is 1. The molecule has 0 spiro atoms. The number of rotatable bonds is 3. The molecule has 0 saturated carbocycles. The van der Waals surface area contributed by atoms with Gasteiger partial charge in [-0.25, -0.2) is 4.39 Å². The number of nitrogens with one attached hydrogen (secondary N) is 1. The maximum atomic E-state index is 13.9. The zero-order valence-electron chi connectivity index (χ0n) is 14.5. The highest BCUT2D eigenvalue weighted by Gasteiger charge is 2.27. The van der Waals surface area contributed by atoms with E-state index in [1.165, 1.54) is 19.2 Å². The normalized spacial score (nSPS) is 17.5. The lowest BCUT2D eigenvalue weighted by Gasteiger charge is -2.32. The van der Waals surface area contributed by atoms with Gasteiger partial charge in [0.2, 0.25) is 0 Å². The van der Waals surface area contributed by atoms with Crippen molar-refractivity contribution in [1.29, 1.82) is 0 Å². The van der Waals surface area contributed by atoms with Crippen LogP contribution in [0.25, 0.3) is 10.9 Å². The Bertz CT molecular complexity index is 920. The van der Waals surface area contributed by atoms with Gasteiger partial charge in [0.1, 0.15) is 0 Å². The molecule has 5 nitrogen and oxygen atoms in total. The summed E-state index contributed by atoms with van der Waals surface area (Å²) in [5, 5.41) is 1.07. The second-order valence-corrected chi connectivity index (χ2v) is 6.63. The van der Waals surface area contributed by atoms with Crippen molar-refractivity contribution in [2.24, 2.45) is 0 Å². The zero-order valence-corrected chi connectivity index (χ0v) is 14.5. The average molecular weight is 353 g/mol. The third kappa shape index (κ3) is 3.03. The Hall–Kier alpha value is -2.89. The lowest BCUT2D eigenvalue weighted by molar-refractivity contribution is 0.0705. The van der Waals surface area contributed by atoms with Crippen LogP contribution >= 0.6 is 0 Å². The first kappa shape index (κ1) is 16.6. The number of nitrogens with zero attached hydrogens (tertiary/aromatic N) is 2. The van der Waals surface area contributed by atoms with E-state index in [2.05, 4.69) is 16.0 Å². The molecule has 26 heavy (non-hydrogen) atoms. The van der Waals surface area contributed by atoms with Gasteiger partial charge in [0.15, 0.2) is 11.6 Å². The number of ether oxygens (including phenoxy) is 1. The summed E-state index contributed by atoms with van der Waals surface area (Å²) in [7, 11) is 1.41. The van der Waals surface area contributed by atoms with E-state index in [-0.39, 0.29) is 17.6 Å². The van der Waals surface area contributed by atoms with Gasteiger partial charge < -0.3 is 14.6 Å². The zero-order chi connectivity index (χ0) is 18.1. The molecule has 3 aromatic rings. The molecule has 3 heterocycles. The number of hydrogen-bond donors (Lipinski definition) is 1. The van der Waals surface area contributed by atoms with E-state index in [9.17, 15) is 9.18 Å². The number of halogens is 1. The molecule has 1 aliphatic heterocycles. The van der Waals surface area contributed by atoms with Gasteiger partial charge in [-0.2, -0.15) is 0 Å². The predicted molar refractivity (Wildman–Crippen MR) is 96.9 cm³/mol. The molecule has 134 valence electrons. The van der Waals surface area contributed by atoms with E-state index in [1.54, 1.807) is 17.2 Å². The van der Waals surface area contributed by atoms with Crippen LogP contribution in [0.4, 0.5) is 4.39 Å². The van der Waals surface area contributed by atoms with Crippen LogP contribution in [0.3, 0.4) is 0 Å². The van der Waals surface area contributed by atoms with Crippen LogP contribution in [-0.2, 0) is 0 Å². The summed E-state index contributed by atoms with van der Waals surface area (Å²) >= 11 is 0. The van der Waals surface area contributed by atoms with E-state index >= 15 is 0 Å². The van der Waals surface area contributed by atoms with E-state index in [4.69, 9.17) is 4.74 Å². The molecule has 1 N–H and O–H groups in total. The largest absolute Gasteiger partial charge is 0.494 e. The number of piperidine rings is 1. The monoisotopic (exact) mass is 353 g/mol. The number of fused-ring (bicyclic) bond motifs is 1. The first-order valence-corrected chi connectivity index (χ1v) is 8.71. The van der Waals surface area contributed by atoms with Gasteiger partial charge in [-0.05, 0) is 43.2 Å². The minimum Gasteiger partial charge on any atom is -0.494 e. The Kier molecular flexibility index (Phi) is 4.32. The van der Waals surface area contributed by atoms with Crippen molar-refractivity contribution in [2.45, 2.75) is 18.8 Å². The average Bonchev–Trinajstić information content (AvgIpc) is 3.12. The van der Waals surface area contributed by atoms with Gasteiger partial charge in [-0.3, -0.25) is 9.78 Å². The summed E-state index contributed by atoms with van der Waals surface area (Å²) in [5.74, 6) is -0.281. The van der Waals surface area contributed by atoms with Gasteiger partial charge in [0.05, 0.1) is 7.11 Å². The van der Waals surface area contributed by atoms with Crippen LogP contribution in [0.5, 0.6) is 5.75 Å². The van der Waals surface area contributed by atoms with Gasteiger partial charge in [-0.15, -0.1) is 0 Å². The number of aromatic amines is 1. The molecule has 4 rings (SSSR count). The molecule has 1 aromatic carbocycles. The smallest absolute Gasteiger partial charge is 0.253 e. The van der Waals surface area contributed by atoms with Gasteiger partial charge in [-0.1, -0.05) is 0 Å². The van der Waals surface area contributed by atoms with E-state index in [0.29, 0.717) is 18.7 Å². The molecule has 6 heteroatoms. The Morgan fingerprint density at radius 2 is 2.23 bits per heavy atom. The maximum Gasteiger partial charge on any atom is 0.253 e. The first-order valence-electron chi connectivity index (χ1n) is 8.71. The number of aromatic nitrogens is 2. The van der Waals surface area contributed by atoms with Crippen LogP contribution in [0.2, 0.25) is 0 Å². The quantitative estimate of drug-likeness (QED) is 0.780. The Labute approximate surface area is 150 Å². The molecule has 0 radical (unpaired) electrons. The van der Waals surface area contributed by atoms with Crippen LogP contribution in [-0.4, -0.2) is 41.0 Å². The van der Waals surface area contributed by atoms with Crippen molar-refractivity contribution < 1.29 is 13.9 Å². The maximum absolute atomic E-state index is 13.9. The summed E-state index contributed by atoms with van der Waals surface area (Å²) in [6, 6.07) is 8.41. The highest BCUT2D eigenvalue weighted by molar-refractivity contribution is 5.94. The molecule has 0 bridgehead atoms. The summed E-state index contributed by atoms with van der Waals surface area (Å²) in [6.45, 7) is 1.30. The number of H-pyrrole nitrogens is 1. The number of hydrogen-bond acceptors (Lipinski definition) is 3. The third-order valence-electron chi connectivity index (χ3n) is 4.99. The fraction of sp³-hybridized carbons (Fsp3) is 0.300. The van der Waals surface area contributed by atoms with Crippen molar-refractivity contribution in [3.05, 3.63) is 59.8 Å². The SMILES string of the molecule is COc1ccc(C(=O)N2CCC[C@@H](c3cc4cnccc4[nH]3)C2)cc1F. The molecule has 1 amide bonds. The number of carbonyl (C=O) groups is 1. The Balaban J connectivity index is 1.54. The lowest BCUT2D eigenvalue weighted by atomic mass is 9.94. The number of amides is 1. The number of likely N-dealkylation sites (tertiary alicyclic amines) is 1. The van der Waals surface area contributed by atoms with E-state index < -0.39 is 5.82 Å². The summed E-state index contributed by atoms with van der Waals surface area (Å²) in [6.07, 6.45) is 5.53. The van der Waals surface area contributed by atoms with E-state index in [0.717, 1.165) is 29.4 Å². The number of carbonyl (C=O) groups excluding carboxylic acids is 1. The van der Waals surface area contributed by atoms with Crippen LogP contribution < -0.4 is 4.74 Å². The van der Waals surface area contributed by atoms with E-state index in [1.807, 2.05) is 12.3 Å². The molecule has 1 fully saturated rings. The topological polar surface area (TPSA) is 58.2 Å². The highest BCUT2D eigenvalue weighted by Crippen LogP contribution is 2.29. The number of methoxy groups -OCH3 is 1. The van der Waals surface area contributed by atoms with Crippen molar-refractivity contribution in [2.75, 3.05) is 20.2 Å². The van der Waals surface area contributed by atoms with Crippen molar-refractivity contribution >= 4 is 16.8 Å². The third-order valence-corrected chi connectivity index (χ3v) is 4.99. The number of pyridine rings is 1. The summed E-state index contributed by atoms with van der Waals surface area (Å²) in [5.41, 5.74) is 2.52. The molecular weight excluding hydrogens is 333 g/mol. The van der Waals surface area contributed by atoms with Crippen molar-refractivity contribution in [1.82, 2.24) is 14.9 Å². The highest BCUT2D eigenvalue weighted by atomic mass is 19.1. The van der Waals surface area contributed by atoms with Gasteiger partial charge >= 0.3 is 0 Å². The van der Waals surface area contributed by atoms with Gasteiger partial charge in [0.25, 0.3) is 5.91 Å². The standard InChI is InChI=1S/C20H20FN3O2/c1-26-19-5-4-13(9-16(19)21)20(25)24-8-2-3-14(12-24)18-10-15-11-22-7-6-17(15)23-18/h4-7,9-11,14,23H,2-3,8,12H2,1H3/t14-/m1/s1. The first-order chi connectivity index (χ1) is 12.7. The molecule has 1 atom stereocenters. The van der Waals surface area contributed by atoms with Crippen LogP contribution in [0.15, 0.2) is 42.7 Å². The molecule has 1 aliphatic rings. The molecule has 0 unspecified atom stereocenters. The molecule has 0 aliphatic carbocycles. The van der Waals surface area contributed by atoms with Crippen molar-refractivity contribution in [3.63, 3.8) is 0 Å². The Morgan fingerprint density at radius 1 is 1.35 bits per heavy atom. The second kappa shape index (κ2) is 6.78. The fourth-order valence-electron chi connectivity index (χ4n) is 3.61. The second-order valence-electron chi connectivity index (χ2n) is 6.63. The predicted octanol–water partition coefficient (Wildman–Crippen LogP) is 3.73. The lowest BCUT2D eigenvalue weighted by Crippen LogP contribution is -2.39. The van der Waals surface area contributed by atoms with Crippen molar-refractivity contribution in [3.8, 4) is 5.75 Å². The molecule has 1 saturated heterocycles.